The summed E-state index contributed by atoms with van der Waals surface area (Å²) in [4.78, 5) is 23.1. The molecule has 1 fully saturated rings. The molecule has 1 aromatic carbocycles. The third-order valence-electron chi connectivity index (χ3n) is 4.88. The molecular weight excluding hydrogens is 318 g/mol. The Morgan fingerprint density at radius 3 is 2.56 bits per heavy atom. The van der Waals surface area contributed by atoms with Crippen molar-refractivity contribution in [1.29, 1.82) is 0 Å². The van der Waals surface area contributed by atoms with Crippen LogP contribution in [0.5, 0.6) is 0 Å². The molecule has 0 bridgehead atoms. The molecule has 2 unspecified atom stereocenters. The van der Waals surface area contributed by atoms with Crippen molar-refractivity contribution in [1.82, 2.24) is 5.01 Å². The Balaban J connectivity index is 2.54. The first-order chi connectivity index (χ1) is 12.1. The number of carbonyl (C=O) groups excluding carboxylic acids is 2. The molecule has 2 atom stereocenters. The Hall–Kier alpha value is -2.21. The Kier molecular flexibility index (Phi) is 6.70. The fourth-order valence-electron chi connectivity index (χ4n) is 3.45. The van der Waals surface area contributed by atoms with Gasteiger partial charge in [0.15, 0.2) is 0 Å². The van der Waals surface area contributed by atoms with E-state index >= 15 is 0 Å². The Bertz CT molecular complexity index is 627. The minimum atomic E-state index is -0.303. The van der Waals surface area contributed by atoms with Gasteiger partial charge in [-0.1, -0.05) is 6.92 Å². The highest BCUT2D eigenvalue weighted by Crippen LogP contribution is 2.37. The molecule has 25 heavy (non-hydrogen) atoms. The predicted octanol–water partition coefficient (Wildman–Crippen LogP) is 2.82. The SMILES string of the molecule is C=NN(C1CCOCC1)C(c1cc(C=O)c(C)cc1NC)C(C)C=O. The van der Waals surface area contributed by atoms with Crippen molar-refractivity contribution in [3.8, 4) is 0 Å². The van der Waals surface area contributed by atoms with Gasteiger partial charge in [-0.15, -0.1) is 0 Å². The summed E-state index contributed by atoms with van der Waals surface area (Å²) >= 11 is 0. The molecule has 1 saturated heterocycles. The van der Waals surface area contributed by atoms with E-state index in [1.54, 1.807) is 0 Å². The molecule has 1 aromatic rings. The quantitative estimate of drug-likeness (QED) is 0.446. The van der Waals surface area contributed by atoms with Gasteiger partial charge in [0.2, 0.25) is 0 Å². The summed E-state index contributed by atoms with van der Waals surface area (Å²) in [5.41, 5.74) is 3.29. The summed E-state index contributed by atoms with van der Waals surface area (Å²) in [6.07, 6.45) is 3.45. The highest BCUT2D eigenvalue weighted by atomic mass is 16.5. The number of ether oxygens (including phenoxy) is 1. The van der Waals surface area contributed by atoms with E-state index in [0.29, 0.717) is 18.8 Å². The van der Waals surface area contributed by atoms with Gasteiger partial charge < -0.3 is 14.8 Å². The maximum absolute atomic E-state index is 11.6. The topological polar surface area (TPSA) is 71.0 Å². The number of aryl methyl sites for hydroxylation is 1. The molecule has 136 valence electrons. The standard InChI is InChI=1S/C19H27N3O3/c1-13-9-18(20-3)17(10-15(13)12-24)19(14(2)11-23)22(21-4)16-5-7-25-8-6-16/h9-12,14,16,19-20H,4-8H2,1-3H3. The second kappa shape index (κ2) is 8.76. The summed E-state index contributed by atoms with van der Waals surface area (Å²) in [5, 5.41) is 9.37. The number of hydrazone groups is 1. The van der Waals surface area contributed by atoms with Crippen molar-refractivity contribution in [3.63, 3.8) is 0 Å². The third kappa shape index (κ3) is 4.07. The van der Waals surface area contributed by atoms with E-state index in [9.17, 15) is 9.59 Å². The van der Waals surface area contributed by atoms with Crippen LogP contribution in [-0.4, -0.2) is 50.6 Å². The average Bonchev–Trinajstić information content (AvgIpc) is 2.66. The fraction of sp³-hybridized carbons (Fsp3) is 0.526. The van der Waals surface area contributed by atoms with Gasteiger partial charge in [-0.3, -0.25) is 9.80 Å². The smallest absolute Gasteiger partial charge is 0.150 e. The van der Waals surface area contributed by atoms with Crippen molar-refractivity contribution >= 4 is 25.0 Å². The van der Waals surface area contributed by atoms with Crippen LogP contribution in [0.4, 0.5) is 5.69 Å². The van der Waals surface area contributed by atoms with Crippen LogP contribution in [0.2, 0.25) is 0 Å². The lowest BCUT2D eigenvalue weighted by Crippen LogP contribution is -2.41. The van der Waals surface area contributed by atoms with Gasteiger partial charge >= 0.3 is 0 Å². The van der Waals surface area contributed by atoms with Crippen LogP contribution in [0.1, 0.15) is 47.3 Å². The maximum Gasteiger partial charge on any atom is 0.150 e. The van der Waals surface area contributed by atoms with Gasteiger partial charge in [0.25, 0.3) is 0 Å². The number of carbonyl (C=O) groups is 2. The highest BCUT2D eigenvalue weighted by Gasteiger charge is 2.33. The molecule has 1 heterocycles. The van der Waals surface area contributed by atoms with Crippen LogP contribution >= 0.6 is 0 Å². The predicted molar refractivity (Wildman–Crippen MR) is 99.3 cm³/mol. The molecular formula is C19H27N3O3. The minimum Gasteiger partial charge on any atom is -0.388 e. The van der Waals surface area contributed by atoms with Crippen molar-refractivity contribution in [2.45, 2.75) is 38.8 Å². The first-order valence-corrected chi connectivity index (χ1v) is 8.62. The van der Waals surface area contributed by atoms with Gasteiger partial charge in [-0.25, -0.2) is 0 Å². The number of aldehydes is 2. The fourth-order valence-corrected chi connectivity index (χ4v) is 3.45. The summed E-state index contributed by atoms with van der Waals surface area (Å²) in [5.74, 6) is -0.303. The summed E-state index contributed by atoms with van der Waals surface area (Å²) in [6, 6.07) is 3.66. The van der Waals surface area contributed by atoms with E-state index in [2.05, 4.69) is 17.1 Å². The Morgan fingerprint density at radius 2 is 2.04 bits per heavy atom. The zero-order chi connectivity index (χ0) is 18.4. The van der Waals surface area contributed by atoms with E-state index in [4.69, 9.17) is 4.74 Å². The van der Waals surface area contributed by atoms with Crippen LogP contribution in [0.15, 0.2) is 17.2 Å². The number of hydrogen-bond acceptors (Lipinski definition) is 6. The second-order valence-corrected chi connectivity index (χ2v) is 6.47. The van der Waals surface area contributed by atoms with E-state index in [1.165, 1.54) is 0 Å². The molecule has 6 nitrogen and oxygen atoms in total. The van der Waals surface area contributed by atoms with Crippen molar-refractivity contribution in [2.75, 3.05) is 25.6 Å². The summed E-state index contributed by atoms with van der Waals surface area (Å²) < 4.78 is 5.45. The molecule has 0 spiro atoms. The molecule has 0 aromatic heterocycles. The number of anilines is 1. The molecule has 0 aliphatic carbocycles. The molecule has 6 heteroatoms. The molecule has 1 aliphatic heterocycles. The van der Waals surface area contributed by atoms with E-state index < -0.39 is 0 Å². The van der Waals surface area contributed by atoms with Gasteiger partial charge in [-0.05, 0) is 37.5 Å². The monoisotopic (exact) mass is 345 g/mol. The lowest BCUT2D eigenvalue weighted by Gasteiger charge is -2.40. The molecule has 0 radical (unpaired) electrons. The van der Waals surface area contributed by atoms with E-state index in [1.807, 2.05) is 38.0 Å². The first-order valence-electron chi connectivity index (χ1n) is 8.62. The molecule has 1 N–H and O–H groups in total. The summed E-state index contributed by atoms with van der Waals surface area (Å²) in [7, 11) is 1.83. The normalized spacial score (nSPS) is 17.4. The zero-order valence-electron chi connectivity index (χ0n) is 15.2. The van der Waals surface area contributed by atoms with Gasteiger partial charge in [0.1, 0.15) is 12.6 Å². The molecule has 0 saturated carbocycles. The first kappa shape index (κ1) is 19.1. The minimum absolute atomic E-state index is 0.157. The van der Waals surface area contributed by atoms with E-state index in [-0.39, 0.29) is 18.0 Å². The summed E-state index contributed by atoms with van der Waals surface area (Å²) in [6.45, 7) is 8.86. The zero-order valence-corrected chi connectivity index (χ0v) is 15.2. The van der Waals surface area contributed by atoms with Crippen molar-refractivity contribution in [2.24, 2.45) is 11.0 Å². The molecule has 2 rings (SSSR count). The highest BCUT2D eigenvalue weighted by molar-refractivity contribution is 5.80. The number of nitrogens with zero attached hydrogens (tertiary/aromatic N) is 2. The van der Waals surface area contributed by atoms with Crippen LogP contribution in [0.3, 0.4) is 0 Å². The average molecular weight is 345 g/mol. The van der Waals surface area contributed by atoms with E-state index in [0.717, 1.165) is 42.2 Å². The maximum atomic E-state index is 11.6. The number of hydrogen-bond donors (Lipinski definition) is 1. The van der Waals surface area contributed by atoms with Crippen LogP contribution < -0.4 is 5.32 Å². The number of benzene rings is 1. The largest absolute Gasteiger partial charge is 0.388 e. The van der Waals surface area contributed by atoms with Crippen molar-refractivity contribution in [3.05, 3.63) is 28.8 Å². The number of rotatable bonds is 8. The van der Waals surface area contributed by atoms with Gasteiger partial charge in [-0.2, -0.15) is 5.10 Å². The molecule has 0 amide bonds. The van der Waals surface area contributed by atoms with Crippen LogP contribution in [0, 0.1) is 12.8 Å². The molecule has 1 aliphatic rings. The lowest BCUT2D eigenvalue weighted by molar-refractivity contribution is -0.113. The van der Waals surface area contributed by atoms with Crippen LogP contribution in [0.25, 0.3) is 0 Å². The van der Waals surface area contributed by atoms with Gasteiger partial charge in [0.05, 0.1) is 12.1 Å². The Morgan fingerprint density at radius 1 is 1.36 bits per heavy atom. The number of nitrogens with one attached hydrogen (secondary N) is 1. The second-order valence-electron chi connectivity index (χ2n) is 6.47. The van der Waals surface area contributed by atoms with Crippen molar-refractivity contribution < 1.29 is 14.3 Å². The Labute approximate surface area is 149 Å². The van der Waals surface area contributed by atoms with Crippen LogP contribution in [-0.2, 0) is 9.53 Å². The lowest BCUT2D eigenvalue weighted by atomic mass is 9.89. The third-order valence-corrected chi connectivity index (χ3v) is 4.88. The van der Waals surface area contributed by atoms with Gasteiger partial charge in [0, 0.05) is 49.7 Å².